The van der Waals surface area contributed by atoms with Gasteiger partial charge in [0.2, 0.25) is 0 Å². The number of rotatable bonds is 2. The Kier molecular flexibility index (Phi) is 3.66. The number of benzene rings is 3. The maximum atomic E-state index is 7.03. The molecule has 1 atom stereocenters. The van der Waals surface area contributed by atoms with E-state index in [1.807, 2.05) is 6.07 Å². The van der Waals surface area contributed by atoms with Crippen molar-refractivity contribution < 1.29 is 0 Å². The van der Waals surface area contributed by atoms with E-state index in [-0.39, 0.29) is 0 Å². The highest BCUT2D eigenvalue weighted by atomic mass is 14.8. The van der Waals surface area contributed by atoms with Gasteiger partial charge in [-0.05, 0) is 45.2 Å². The number of nitrogen functional groups attached to an aromatic ring is 1. The van der Waals surface area contributed by atoms with E-state index in [4.69, 9.17) is 11.5 Å². The molecule has 0 bridgehead atoms. The van der Waals surface area contributed by atoms with Crippen LogP contribution in [0.2, 0.25) is 0 Å². The third-order valence-electron chi connectivity index (χ3n) is 5.60. The molecule has 25 heavy (non-hydrogen) atoms. The molecule has 0 radical (unpaired) electrons. The van der Waals surface area contributed by atoms with Gasteiger partial charge in [0, 0.05) is 16.8 Å². The Labute approximate surface area is 148 Å². The van der Waals surface area contributed by atoms with Gasteiger partial charge in [0.15, 0.2) is 0 Å². The Morgan fingerprint density at radius 1 is 0.920 bits per heavy atom. The van der Waals surface area contributed by atoms with Crippen LogP contribution in [0.15, 0.2) is 60.7 Å². The molecule has 0 aromatic heterocycles. The largest absolute Gasteiger partial charge is 0.398 e. The minimum atomic E-state index is -0.438. The summed E-state index contributed by atoms with van der Waals surface area (Å²) in [7, 11) is 0. The summed E-state index contributed by atoms with van der Waals surface area (Å²) in [5.41, 5.74) is 16.2. The molecule has 2 heteroatoms. The van der Waals surface area contributed by atoms with E-state index >= 15 is 0 Å². The first-order chi connectivity index (χ1) is 12.0. The zero-order chi connectivity index (χ0) is 17.6. The third-order valence-corrected chi connectivity index (χ3v) is 5.60. The molecule has 0 fully saturated rings. The van der Waals surface area contributed by atoms with Crippen molar-refractivity contribution >= 4 is 28.1 Å². The first-order valence-electron chi connectivity index (χ1n) is 8.89. The second-order valence-electron chi connectivity index (χ2n) is 7.32. The summed E-state index contributed by atoms with van der Waals surface area (Å²) in [5, 5.41) is 4.81. The predicted molar refractivity (Wildman–Crippen MR) is 107 cm³/mol. The smallest absolute Gasteiger partial charge is 0.0481 e. The van der Waals surface area contributed by atoms with Crippen molar-refractivity contribution in [2.24, 2.45) is 11.7 Å². The average molecular weight is 328 g/mol. The lowest BCUT2D eigenvalue weighted by atomic mass is 9.71. The second-order valence-corrected chi connectivity index (χ2v) is 7.32. The van der Waals surface area contributed by atoms with Crippen LogP contribution >= 0.6 is 0 Å². The van der Waals surface area contributed by atoms with Crippen molar-refractivity contribution in [1.82, 2.24) is 0 Å². The quantitative estimate of drug-likeness (QED) is 0.710. The number of fused-ring (bicyclic) bond motifs is 2. The maximum absolute atomic E-state index is 7.03. The van der Waals surface area contributed by atoms with Crippen LogP contribution in [0.1, 0.15) is 25.8 Å². The molecule has 3 aromatic carbocycles. The van der Waals surface area contributed by atoms with E-state index in [9.17, 15) is 0 Å². The highest BCUT2D eigenvalue weighted by Crippen LogP contribution is 2.39. The zero-order valence-electron chi connectivity index (χ0n) is 14.8. The van der Waals surface area contributed by atoms with Gasteiger partial charge in [-0.25, -0.2) is 0 Å². The minimum Gasteiger partial charge on any atom is -0.398 e. The van der Waals surface area contributed by atoms with Crippen molar-refractivity contribution in [2.45, 2.75) is 25.8 Å². The monoisotopic (exact) mass is 328 g/mol. The van der Waals surface area contributed by atoms with Gasteiger partial charge in [0.05, 0.1) is 0 Å². The van der Waals surface area contributed by atoms with Crippen LogP contribution < -0.4 is 21.9 Å². The lowest BCUT2D eigenvalue weighted by Gasteiger charge is -2.38. The van der Waals surface area contributed by atoms with E-state index in [0.717, 1.165) is 17.7 Å². The fourth-order valence-electron chi connectivity index (χ4n) is 3.99. The van der Waals surface area contributed by atoms with Gasteiger partial charge in [-0.1, -0.05) is 74.5 Å². The van der Waals surface area contributed by atoms with Crippen molar-refractivity contribution in [3.05, 3.63) is 76.7 Å². The van der Waals surface area contributed by atoms with Crippen LogP contribution in [0.5, 0.6) is 0 Å². The normalized spacial score (nSPS) is 19.8. The molecular weight excluding hydrogens is 304 g/mol. The molecule has 1 aliphatic rings. The van der Waals surface area contributed by atoms with E-state index in [2.05, 4.69) is 74.5 Å². The minimum absolute atomic E-state index is 0.297. The van der Waals surface area contributed by atoms with Gasteiger partial charge < -0.3 is 11.5 Å². The summed E-state index contributed by atoms with van der Waals surface area (Å²) >= 11 is 0. The summed E-state index contributed by atoms with van der Waals surface area (Å²) in [6.45, 7) is 4.40. The van der Waals surface area contributed by atoms with Gasteiger partial charge in [-0.2, -0.15) is 0 Å². The number of hydrogen-bond donors (Lipinski definition) is 2. The summed E-state index contributed by atoms with van der Waals surface area (Å²) in [6.07, 6.45) is 3.08. The van der Waals surface area contributed by atoms with Gasteiger partial charge in [0.1, 0.15) is 0 Å². The summed E-state index contributed by atoms with van der Waals surface area (Å²) < 4.78 is 0. The van der Waals surface area contributed by atoms with Crippen LogP contribution in [0.4, 0.5) is 5.69 Å². The predicted octanol–water partition coefficient (Wildman–Crippen LogP) is 3.16. The van der Waals surface area contributed by atoms with E-state index < -0.39 is 5.54 Å². The zero-order valence-corrected chi connectivity index (χ0v) is 14.8. The SMILES string of the molecule is CC(C)C1(N)CC=c2ccccc2=C1c1c(N)ccc2ccccc12. The van der Waals surface area contributed by atoms with Crippen molar-refractivity contribution in [2.75, 3.05) is 5.73 Å². The molecule has 126 valence electrons. The molecule has 3 aromatic rings. The van der Waals surface area contributed by atoms with Crippen molar-refractivity contribution in [3.63, 3.8) is 0 Å². The molecule has 0 heterocycles. The molecule has 0 aliphatic heterocycles. The third kappa shape index (κ3) is 2.37. The van der Waals surface area contributed by atoms with E-state index in [1.54, 1.807) is 0 Å². The Morgan fingerprint density at radius 3 is 2.44 bits per heavy atom. The van der Waals surface area contributed by atoms with Gasteiger partial charge in [0.25, 0.3) is 0 Å². The van der Waals surface area contributed by atoms with Crippen LogP contribution in [-0.2, 0) is 0 Å². The molecule has 4 rings (SSSR count). The van der Waals surface area contributed by atoms with Gasteiger partial charge in [-0.15, -0.1) is 0 Å². The summed E-state index contributed by atoms with van der Waals surface area (Å²) in [6, 6.07) is 21.0. The van der Waals surface area contributed by atoms with Crippen molar-refractivity contribution in [3.8, 4) is 0 Å². The number of hydrogen-bond acceptors (Lipinski definition) is 2. The number of anilines is 1. The Morgan fingerprint density at radius 2 is 1.64 bits per heavy atom. The Hall–Kier alpha value is -2.58. The van der Waals surface area contributed by atoms with Gasteiger partial charge in [-0.3, -0.25) is 0 Å². The topological polar surface area (TPSA) is 52.0 Å². The molecule has 0 saturated carbocycles. The lowest BCUT2D eigenvalue weighted by Crippen LogP contribution is -2.53. The second kappa shape index (κ2) is 5.75. The van der Waals surface area contributed by atoms with Crippen molar-refractivity contribution in [1.29, 1.82) is 0 Å². The molecule has 1 unspecified atom stereocenters. The van der Waals surface area contributed by atoms with Crippen LogP contribution in [0.3, 0.4) is 0 Å². The summed E-state index contributed by atoms with van der Waals surface area (Å²) in [5.74, 6) is 0.297. The van der Waals surface area contributed by atoms with E-state index in [0.29, 0.717) is 5.92 Å². The highest BCUT2D eigenvalue weighted by Gasteiger charge is 2.36. The molecule has 0 amide bonds. The molecule has 0 saturated heterocycles. The molecule has 0 spiro atoms. The first kappa shape index (κ1) is 15.9. The average Bonchev–Trinajstić information content (AvgIpc) is 2.62. The van der Waals surface area contributed by atoms with Crippen LogP contribution in [0, 0.1) is 5.92 Å². The fourth-order valence-corrected chi connectivity index (χ4v) is 3.99. The fraction of sp³-hybridized carbons (Fsp3) is 0.217. The number of nitrogens with two attached hydrogens (primary N) is 2. The molecule has 2 nitrogen and oxygen atoms in total. The molecule has 4 N–H and O–H groups in total. The lowest BCUT2D eigenvalue weighted by molar-refractivity contribution is 0.406. The van der Waals surface area contributed by atoms with Crippen LogP contribution in [0.25, 0.3) is 22.4 Å². The van der Waals surface area contributed by atoms with Crippen LogP contribution in [-0.4, -0.2) is 5.54 Å². The Bertz CT molecular complexity index is 1080. The van der Waals surface area contributed by atoms with E-state index in [1.165, 1.54) is 26.8 Å². The standard InChI is InChI=1S/C23H24N2/c1-15(2)23(25)14-13-17-8-4-6-10-19(17)22(23)21-18-9-5-3-7-16(18)11-12-20(21)24/h3-13,15H,14,24-25H2,1-2H3. The molecular formula is C23H24N2. The Balaban J connectivity index is 2.23. The molecule has 1 aliphatic carbocycles. The summed E-state index contributed by atoms with van der Waals surface area (Å²) in [4.78, 5) is 0. The maximum Gasteiger partial charge on any atom is 0.0481 e. The highest BCUT2D eigenvalue weighted by molar-refractivity contribution is 6.00. The first-order valence-corrected chi connectivity index (χ1v) is 8.89. The van der Waals surface area contributed by atoms with Gasteiger partial charge >= 0.3 is 0 Å².